The summed E-state index contributed by atoms with van der Waals surface area (Å²) in [6, 6.07) is 7.27. The van der Waals surface area contributed by atoms with Crippen molar-refractivity contribution in [3.05, 3.63) is 28.7 Å². The Labute approximate surface area is 112 Å². The van der Waals surface area contributed by atoms with Crippen LogP contribution in [0.15, 0.2) is 28.7 Å². The van der Waals surface area contributed by atoms with E-state index >= 15 is 0 Å². The predicted octanol–water partition coefficient (Wildman–Crippen LogP) is 2.60. The molecule has 92 valence electrons. The van der Waals surface area contributed by atoms with E-state index in [0.717, 1.165) is 10.2 Å². The van der Waals surface area contributed by atoms with Gasteiger partial charge in [0.05, 0.1) is 12.2 Å². The molecule has 4 nitrogen and oxygen atoms in total. The molecule has 0 saturated carbocycles. The lowest BCUT2D eigenvalue weighted by atomic mass is 10.3. The molecule has 1 amide bonds. The van der Waals surface area contributed by atoms with E-state index in [1.54, 1.807) is 12.1 Å². The average molecular weight is 318 g/mol. The lowest BCUT2D eigenvalue weighted by Gasteiger charge is -2.04. The zero-order chi connectivity index (χ0) is 12.7. The van der Waals surface area contributed by atoms with Gasteiger partial charge in [-0.15, -0.1) is 0 Å². The first kappa shape index (κ1) is 14.1. The Morgan fingerprint density at radius 2 is 1.94 bits per heavy atom. The summed E-state index contributed by atoms with van der Waals surface area (Å²) in [5, 5.41) is 11.2. The molecular formula is C11H12BrNO3S. The number of hydrogen-bond donors (Lipinski definition) is 2. The molecular weight excluding hydrogens is 306 g/mol. The van der Waals surface area contributed by atoms with Gasteiger partial charge in [0.25, 0.3) is 0 Å². The Morgan fingerprint density at radius 3 is 2.53 bits per heavy atom. The number of carbonyl (C=O) groups excluding carboxylic acids is 1. The Kier molecular flexibility index (Phi) is 6.07. The molecule has 0 spiro atoms. The van der Waals surface area contributed by atoms with Crippen molar-refractivity contribution in [3.8, 4) is 0 Å². The van der Waals surface area contributed by atoms with Crippen LogP contribution in [0.25, 0.3) is 0 Å². The van der Waals surface area contributed by atoms with Gasteiger partial charge < -0.3 is 10.4 Å². The number of nitrogens with one attached hydrogen (secondary N) is 1. The average Bonchev–Trinajstić information content (AvgIpc) is 2.27. The highest BCUT2D eigenvalue weighted by molar-refractivity contribution is 9.10. The summed E-state index contributed by atoms with van der Waals surface area (Å²) in [4.78, 5) is 21.7. The molecule has 1 aromatic carbocycles. The van der Waals surface area contributed by atoms with Crippen LogP contribution in [0, 0.1) is 0 Å². The summed E-state index contributed by atoms with van der Waals surface area (Å²) < 4.78 is 0.950. The molecule has 0 saturated heterocycles. The van der Waals surface area contributed by atoms with E-state index in [2.05, 4.69) is 21.2 Å². The van der Waals surface area contributed by atoms with Gasteiger partial charge in [0.2, 0.25) is 5.91 Å². The van der Waals surface area contributed by atoms with Crippen LogP contribution in [0.1, 0.15) is 6.42 Å². The maximum atomic E-state index is 11.5. The number of aliphatic carboxylic acids is 1. The molecule has 0 radical (unpaired) electrons. The van der Waals surface area contributed by atoms with Crippen LogP contribution in [0.5, 0.6) is 0 Å². The van der Waals surface area contributed by atoms with Crippen molar-refractivity contribution >= 4 is 45.3 Å². The molecule has 0 aromatic heterocycles. The fraction of sp³-hybridized carbons (Fsp3) is 0.273. The number of amides is 1. The fourth-order valence-corrected chi connectivity index (χ4v) is 2.04. The maximum Gasteiger partial charge on any atom is 0.304 e. The Bertz CT molecular complexity index is 394. The summed E-state index contributed by atoms with van der Waals surface area (Å²) in [5.74, 6) is -0.250. The minimum absolute atomic E-state index is 0.0796. The predicted molar refractivity (Wildman–Crippen MR) is 72.3 cm³/mol. The zero-order valence-corrected chi connectivity index (χ0v) is 11.4. The van der Waals surface area contributed by atoms with Crippen molar-refractivity contribution in [2.75, 3.05) is 16.8 Å². The third kappa shape index (κ3) is 6.33. The van der Waals surface area contributed by atoms with E-state index in [1.165, 1.54) is 11.8 Å². The van der Waals surface area contributed by atoms with Crippen molar-refractivity contribution in [1.82, 2.24) is 0 Å². The molecule has 0 atom stereocenters. The highest BCUT2D eigenvalue weighted by Crippen LogP contribution is 2.14. The fourth-order valence-electron chi connectivity index (χ4n) is 1.05. The van der Waals surface area contributed by atoms with Crippen LogP contribution in [0.2, 0.25) is 0 Å². The molecule has 1 rings (SSSR count). The molecule has 0 aliphatic rings. The van der Waals surface area contributed by atoms with Crippen LogP contribution >= 0.6 is 27.7 Å². The quantitative estimate of drug-likeness (QED) is 0.791. The molecule has 6 heteroatoms. The number of rotatable bonds is 6. The van der Waals surface area contributed by atoms with Gasteiger partial charge in [-0.05, 0) is 24.3 Å². The normalized spacial score (nSPS) is 9.94. The van der Waals surface area contributed by atoms with E-state index in [-0.39, 0.29) is 18.1 Å². The van der Waals surface area contributed by atoms with Gasteiger partial charge in [-0.3, -0.25) is 9.59 Å². The number of halogens is 1. The molecule has 0 aliphatic carbocycles. The third-order valence-corrected chi connectivity index (χ3v) is 3.31. The van der Waals surface area contributed by atoms with Crippen molar-refractivity contribution in [2.24, 2.45) is 0 Å². The van der Waals surface area contributed by atoms with Gasteiger partial charge in [0.15, 0.2) is 0 Å². The summed E-state index contributed by atoms with van der Waals surface area (Å²) >= 11 is 4.61. The summed E-state index contributed by atoms with van der Waals surface area (Å²) in [7, 11) is 0. The van der Waals surface area contributed by atoms with Gasteiger partial charge in [-0.1, -0.05) is 15.9 Å². The van der Waals surface area contributed by atoms with Crippen molar-refractivity contribution in [2.45, 2.75) is 6.42 Å². The number of carbonyl (C=O) groups is 2. The summed E-state index contributed by atoms with van der Waals surface area (Å²) in [6.45, 7) is 0. The van der Waals surface area contributed by atoms with Gasteiger partial charge in [0, 0.05) is 15.9 Å². The SMILES string of the molecule is O=C(O)CCSCC(=O)Nc1ccc(Br)cc1. The molecule has 0 heterocycles. The number of thioether (sulfide) groups is 1. The lowest BCUT2D eigenvalue weighted by molar-refractivity contribution is -0.136. The van der Waals surface area contributed by atoms with Gasteiger partial charge >= 0.3 is 5.97 Å². The van der Waals surface area contributed by atoms with Crippen molar-refractivity contribution in [3.63, 3.8) is 0 Å². The monoisotopic (exact) mass is 317 g/mol. The van der Waals surface area contributed by atoms with Crippen molar-refractivity contribution in [1.29, 1.82) is 0 Å². The first-order valence-corrected chi connectivity index (χ1v) is 6.87. The van der Waals surface area contributed by atoms with Crippen LogP contribution in [-0.4, -0.2) is 28.5 Å². The van der Waals surface area contributed by atoms with Crippen LogP contribution in [0.4, 0.5) is 5.69 Å². The molecule has 0 fully saturated rings. The zero-order valence-electron chi connectivity index (χ0n) is 8.98. The van der Waals surface area contributed by atoms with Gasteiger partial charge in [-0.2, -0.15) is 11.8 Å². The van der Waals surface area contributed by atoms with Gasteiger partial charge in [-0.25, -0.2) is 0 Å². The van der Waals surface area contributed by atoms with E-state index in [0.29, 0.717) is 5.75 Å². The Morgan fingerprint density at radius 1 is 1.29 bits per heavy atom. The number of carboxylic acid groups (broad SMARTS) is 1. The first-order chi connectivity index (χ1) is 8.08. The van der Waals surface area contributed by atoms with Crippen LogP contribution in [0.3, 0.4) is 0 Å². The minimum Gasteiger partial charge on any atom is -0.481 e. The Hall–Kier alpha value is -1.01. The molecule has 0 unspecified atom stereocenters. The largest absolute Gasteiger partial charge is 0.481 e. The molecule has 0 aliphatic heterocycles. The topological polar surface area (TPSA) is 66.4 Å². The molecule has 2 N–H and O–H groups in total. The highest BCUT2D eigenvalue weighted by Gasteiger charge is 2.03. The molecule has 0 bridgehead atoms. The Balaban J connectivity index is 2.25. The first-order valence-electron chi connectivity index (χ1n) is 4.93. The van der Waals surface area contributed by atoms with Crippen LogP contribution < -0.4 is 5.32 Å². The molecule has 17 heavy (non-hydrogen) atoms. The highest BCUT2D eigenvalue weighted by atomic mass is 79.9. The number of anilines is 1. The number of benzene rings is 1. The van der Waals surface area contributed by atoms with E-state index < -0.39 is 5.97 Å². The van der Waals surface area contributed by atoms with E-state index in [4.69, 9.17) is 5.11 Å². The summed E-state index contributed by atoms with van der Waals surface area (Å²) in [6.07, 6.45) is 0.0796. The van der Waals surface area contributed by atoms with Gasteiger partial charge in [0.1, 0.15) is 0 Å². The second kappa shape index (κ2) is 7.34. The third-order valence-electron chi connectivity index (χ3n) is 1.82. The summed E-state index contributed by atoms with van der Waals surface area (Å²) in [5.41, 5.74) is 0.733. The minimum atomic E-state index is -0.842. The smallest absolute Gasteiger partial charge is 0.304 e. The van der Waals surface area contributed by atoms with Crippen molar-refractivity contribution < 1.29 is 14.7 Å². The van der Waals surface area contributed by atoms with E-state index in [9.17, 15) is 9.59 Å². The van der Waals surface area contributed by atoms with E-state index in [1.807, 2.05) is 12.1 Å². The van der Waals surface area contributed by atoms with Crippen LogP contribution in [-0.2, 0) is 9.59 Å². The second-order valence-corrected chi connectivity index (χ2v) is 5.27. The lowest BCUT2D eigenvalue weighted by Crippen LogP contribution is -2.14. The molecule has 1 aromatic rings. The maximum absolute atomic E-state index is 11.5. The standard InChI is InChI=1S/C11H12BrNO3S/c12-8-1-3-9(4-2-8)13-10(14)7-17-6-5-11(15)16/h1-4H,5-7H2,(H,13,14)(H,15,16). The number of carboxylic acids is 1. The number of hydrogen-bond acceptors (Lipinski definition) is 3. The second-order valence-electron chi connectivity index (χ2n) is 3.25.